The smallest absolute Gasteiger partial charge is 0.296 e. The largest absolute Gasteiger partial charge is 0.507 e. The maximum Gasteiger partial charge on any atom is 0.296 e. The highest BCUT2D eigenvalue weighted by Crippen LogP contribution is 2.40. The van der Waals surface area contributed by atoms with Crippen molar-refractivity contribution in [3.8, 4) is 0 Å². The van der Waals surface area contributed by atoms with E-state index in [1.54, 1.807) is 36.4 Å². The van der Waals surface area contributed by atoms with Gasteiger partial charge in [-0.15, -0.1) is 0 Å². The van der Waals surface area contributed by atoms with E-state index in [2.05, 4.69) is 0 Å². The lowest BCUT2D eigenvalue weighted by atomic mass is 9.95. The van der Waals surface area contributed by atoms with Gasteiger partial charge in [-0.1, -0.05) is 41.9 Å². The van der Waals surface area contributed by atoms with Crippen molar-refractivity contribution >= 4 is 29.1 Å². The second kappa shape index (κ2) is 7.37. The summed E-state index contributed by atoms with van der Waals surface area (Å²) in [6.45, 7) is 0.120. The summed E-state index contributed by atoms with van der Waals surface area (Å²) in [5, 5.41) is 11.4. The number of halogens is 1. The van der Waals surface area contributed by atoms with Crippen LogP contribution in [0.25, 0.3) is 5.76 Å². The molecule has 2 heterocycles. The number of hydrogen-bond acceptors (Lipinski definition) is 4. The Morgan fingerprint density at radius 3 is 2.36 bits per heavy atom. The first kappa shape index (κ1) is 18.1. The molecule has 0 unspecified atom stereocenters. The summed E-state index contributed by atoms with van der Waals surface area (Å²) in [7, 11) is 0. The molecule has 3 aromatic rings. The molecule has 1 saturated heterocycles. The van der Waals surface area contributed by atoms with Gasteiger partial charge in [-0.2, -0.15) is 0 Å². The second-order valence-corrected chi connectivity index (χ2v) is 6.86. The fourth-order valence-electron chi connectivity index (χ4n) is 3.36. The maximum absolute atomic E-state index is 12.8. The van der Waals surface area contributed by atoms with E-state index in [9.17, 15) is 14.7 Å². The molecule has 0 saturated carbocycles. The van der Waals surface area contributed by atoms with Crippen LogP contribution in [0.2, 0.25) is 5.02 Å². The van der Waals surface area contributed by atoms with Crippen molar-refractivity contribution < 1.29 is 19.1 Å². The van der Waals surface area contributed by atoms with Gasteiger partial charge in [-0.05, 0) is 42.0 Å². The van der Waals surface area contributed by atoms with Crippen LogP contribution < -0.4 is 0 Å². The average molecular weight is 394 g/mol. The van der Waals surface area contributed by atoms with Crippen LogP contribution in [0.5, 0.6) is 0 Å². The number of carbonyl (C=O) groups is 2. The number of carbonyl (C=O) groups excluding carboxylic acids is 2. The van der Waals surface area contributed by atoms with Crippen LogP contribution in [0.15, 0.2) is 83.0 Å². The Kier molecular flexibility index (Phi) is 4.75. The van der Waals surface area contributed by atoms with E-state index in [1.165, 1.54) is 11.2 Å². The molecule has 1 N–H and O–H groups in total. The molecule has 0 aliphatic carbocycles. The third kappa shape index (κ3) is 3.21. The van der Waals surface area contributed by atoms with Crippen LogP contribution in [0.4, 0.5) is 0 Å². The number of benzene rings is 2. The van der Waals surface area contributed by atoms with Gasteiger partial charge in [0.15, 0.2) is 0 Å². The van der Waals surface area contributed by atoms with Crippen LogP contribution in [-0.2, 0) is 16.1 Å². The lowest BCUT2D eigenvalue weighted by Crippen LogP contribution is -2.29. The SMILES string of the molecule is O=C1C(=O)N(Cc2ccco2)[C@@H](c2ccccc2)C1=C(O)c1ccc(Cl)cc1. The molecule has 2 aromatic carbocycles. The van der Waals surface area contributed by atoms with Crippen molar-refractivity contribution in [2.75, 3.05) is 0 Å². The molecule has 0 radical (unpaired) electrons. The molecule has 0 bridgehead atoms. The molecular formula is C22H16ClNO4. The van der Waals surface area contributed by atoms with Gasteiger partial charge in [0.25, 0.3) is 11.7 Å². The molecule has 4 rings (SSSR count). The number of likely N-dealkylation sites (tertiary alicyclic amines) is 1. The predicted octanol–water partition coefficient (Wildman–Crippen LogP) is 4.55. The topological polar surface area (TPSA) is 70.8 Å². The van der Waals surface area contributed by atoms with Gasteiger partial charge in [0.2, 0.25) is 0 Å². The number of aliphatic hydroxyl groups excluding tert-OH is 1. The van der Waals surface area contributed by atoms with Crippen molar-refractivity contribution in [1.29, 1.82) is 0 Å². The Hall–Kier alpha value is -3.31. The Balaban J connectivity index is 1.85. The molecule has 1 aliphatic rings. The predicted molar refractivity (Wildman–Crippen MR) is 104 cm³/mol. The van der Waals surface area contributed by atoms with Gasteiger partial charge >= 0.3 is 0 Å². The monoisotopic (exact) mass is 393 g/mol. The number of nitrogens with zero attached hydrogens (tertiary/aromatic N) is 1. The first-order valence-corrected chi connectivity index (χ1v) is 9.05. The molecule has 28 heavy (non-hydrogen) atoms. The zero-order valence-electron chi connectivity index (χ0n) is 14.7. The fraction of sp³-hybridized carbons (Fsp3) is 0.0909. The van der Waals surface area contributed by atoms with Crippen LogP contribution in [0.1, 0.15) is 22.9 Å². The van der Waals surface area contributed by atoms with E-state index in [0.29, 0.717) is 16.3 Å². The van der Waals surface area contributed by atoms with Gasteiger partial charge in [0, 0.05) is 10.6 Å². The van der Waals surface area contributed by atoms with Gasteiger partial charge in [0.05, 0.1) is 24.4 Å². The number of rotatable bonds is 4. The highest BCUT2D eigenvalue weighted by Gasteiger charge is 2.46. The molecule has 0 spiro atoms. The van der Waals surface area contributed by atoms with E-state index >= 15 is 0 Å². The van der Waals surface area contributed by atoms with Crippen molar-refractivity contribution in [1.82, 2.24) is 4.90 Å². The van der Waals surface area contributed by atoms with E-state index < -0.39 is 17.7 Å². The molecule has 6 heteroatoms. The number of aliphatic hydroxyl groups is 1. The minimum atomic E-state index is -0.729. The summed E-state index contributed by atoms with van der Waals surface area (Å²) < 4.78 is 5.36. The number of Topliss-reactive ketones (excluding diaryl/α,β-unsaturated/α-hetero) is 1. The van der Waals surface area contributed by atoms with Crippen LogP contribution in [-0.4, -0.2) is 21.7 Å². The van der Waals surface area contributed by atoms with E-state index in [1.807, 2.05) is 30.3 Å². The van der Waals surface area contributed by atoms with Gasteiger partial charge < -0.3 is 14.4 Å². The summed E-state index contributed by atoms with van der Waals surface area (Å²) >= 11 is 5.92. The Morgan fingerprint density at radius 1 is 1.00 bits per heavy atom. The number of amides is 1. The lowest BCUT2D eigenvalue weighted by molar-refractivity contribution is -0.140. The van der Waals surface area contributed by atoms with Crippen molar-refractivity contribution in [3.05, 3.63) is 100 Å². The second-order valence-electron chi connectivity index (χ2n) is 6.42. The number of ketones is 1. The quantitative estimate of drug-likeness (QED) is 0.401. The Morgan fingerprint density at radius 2 is 1.71 bits per heavy atom. The molecule has 1 fully saturated rings. The van der Waals surface area contributed by atoms with E-state index in [-0.39, 0.29) is 17.9 Å². The summed E-state index contributed by atoms with van der Waals surface area (Å²) in [6, 6.07) is 18.3. The Bertz CT molecular complexity index is 1040. The van der Waals surface area contributed by atoms with Crippen LogP contribution in [0, 0.1) is 0 Å². The highest BCUT2D eigenvalue weighted by molar-refractivity contribution is 6.46. The minimum absolute atomic E-state index is 0.0464. The van der Waals surface area contributed by atoms with Crippen molar-refractivity contribution in [3.63, 3.8) is 0 Å². The first-order chi connectivity index (χ1) is 13.6. The van der Waals surface area contributed by atoms with Gasteiger partial charge in [-0.25, -0.2) is 0 Å². The summed E-state index contributed by atoms with van der Waals surface area (Å²) in [5.74, 6) is -1.09. The average Bonchev–Trinajstić information content (AvgIpc) is 3.31. The standard InChI is InChI=1S/C22H16ClNO4/c23-16-10-8-15(9-11-16)20(25)18-19(14-5-2-1-3-6-14)24(22(27)21(18)26)13-17-7-4-12-28-17/h1-12,19,25H,13H2/t19-/m0/s1. The highest BCUT2D eigenvalue weighted by atomic mass is 35.5. The molecule has 5 nitrogen and oxygen atoms in total. The summed E-state index contributed by atoms with van der Waals surface area (Å²) in [6.07, 6.45) is 1.51. The van der Waals surface area contributed by atoms with Gasteiger partial charge in [-0.3, -0.25) is 9.59 Å². The van der Waals surface area contributed by atoms with Crippen LogP contribution >= 0.6 is 11.6 Å². The summed E-state index contributed by atoms with van der Waals surface area (Å²) in [4.78, 5) is 27.0. The molecule has 1 atom stereocenters. The molecule has 1 aliphatic heterocycles. The Labute approximate surface area is 166 Å². The van der Waals surface area contributed by atoms with Gasteiger partial charge in [0.1, 0.15) is 11.5 Å². The van der Waals surface area contributed by atoms with E-state index in [0.717, 1.165) is 5.56 Å². The third-order valence-electron chi connectivity index (χ3n) is 4.68. The first-order valence-electron chi connectivity index (χ1n) is 8.68. The van der Waals surface area contributed by atoms with Crippen molar-refractivity contribution in [2.45, 2.75) is 12.6 Å². The maximum atomic E-state index is 12.8. The normalized spacial score (nSPS) is 18.6. The number of hydrogen-bond donors (Lipinski definition) is 1. The third-order valence-corrected chi connectivity index (χ3v) is 4.93. The molecular weight excluding hydrogens is 378 g/mol. The molecule has 140 valence electrons. The zero-order valence-corrected chi connectivity index (χ0v) is 15.5. The minimum Gasteiger partial charge on any atom is -0.507 e. The summed E-state index contributed by atoms with van der Waals surface area (Å²) in [5.41, 5.74) is 1.19. The lowest BCUT2D eigenvalue weighted by Gasteiger charge is -2.24. The number of furan rings is 1. The molecule has 1 amide bonds. The van der Waals surface area contributed by atoms with Crippen LogP contribution in [0.3, 0.4) is 0 Å². The fourth-order valence-corrected chi connectivity index (χ4v) is 3.48. The van der Waals surface area contributed by atoms with Crippen molar-refractivity contribution in [2.24, 2.45) is 0 Å². The molecule has 1 aromatic heterocycles. The zero-order chi connectivity index (χ0) is 19.7. The van der Waals surface area contributed by atoms with E-state index in [4.69, 9.17) is 16.0 Å².